The third kappa shape index (κ3) is 8.13. The highest BCUT2D eigenvalue weighted by molar-refractivity contribution is 9.11. The second-order valence-corrected chi connectivity index (χ2v) is 10.0. The van der Waals surface area contributed by atoms with Gasteiger partial charge in [0.25, 0.3) is 0 Å². The van der Waals surface area contributed by atoms with E-state index in [2.05, 4.69) is 26.0 Å². The molecular formula is C17H21BrN2O3S2. The molecule has 0 atom stereocenters. The number of amides is 1. The molecule has 0 fully saturated rings. The van der Waals surface area contributed by atoms with Gasteiger partial charge in [-0.1, -0.05) is 30.3 Å². The maximum absolute atomic E-state index is 11.9. The number of benzene rings is 1. The highest BCUT2D eigenvalue weighted by atomic mass is 79.9. The first-order valence-electron chi connectivity index (χ1n) is 7.97. The van der Waals surface area contributed by atoms with Gasteiger partial charge in [0, 0.05) is 24.4 Å². The highest BCUT2D eigenvalue weighted by Gasteiger charge is 2.11. The zero-order valence-corrected chi connectivity index (χ0v) is 16.9. The molecular weight excluding hydrogens is 424 g/mol. The summed E-state index contributed by atoms with van der Waals surface area (Å²) in [6.45, 7) is 0.376. The van der Waals surface area contributed by atoms with E-state index in [0.29, 0.717) is 6.42 Å². The summed E-state index contributed by atoms with van der Waals surface area (Å²) in [5.74, 6) is -0.238. The number of rotatable bonds is 10. The van der Waals surface area contributed by atoms with Crippen LogP contribution in [0.4, 0.5) is 0 Å². The SMILES string of the molecule is O=C(CCCc1ccc(Br)s1)NCCS(=O)(=O)NCc1ccccc1. The Morgan fingerprint density at radius 2 is 1.88 bits per heavy atom. The van der Waals surface area contributed by atoms with Crippen molar-refractivity contribution in [2.45, 2.75) is 25.8 Å². The molecule has 0 aliphatic heterocycles. The maximum Gasteiger partial charge on any atom is 0.220 e. The molecule has 0 spiro atoms. The van der Waals surface area contributed by atoms with Crippen molar-refractivity contribution < 1.29 is 13.2 Å². The monoisotopic (exact) mass is 444 g/mol. The Hall–Kier alpha value is -1.22. The van der Waals surface area contributed by atoms with Crippen LogP contribution in [0.5, 0.6) is 0 Å². The molecule has 5 nitrogen and oxygen atoms in total. The second kappa shape index (κ2) is 10.1. The number of halogens is 1. The molecule has 25 heavy (non-hydrogen) atoms. The molecule has 8 heteroatoms. The molecule has 2 aromatic rings. The summed E-state index contributed by atoms with van der Waals surface area (Å²) in [7, 11) is -3.40. The molecule has 2 rings (SSSR count). The maximum atomic E-state index is 11.9. The largest absolute Gasteiger partial charge is 0.355 e. The summed E-state index contributed by atoms with van der Waals surface area (Å²) in [6.07, 6.45) is 1.99. The number of carbonyl (C=O) groups is 1. The van der Waals surface area contributed by atoms with Gasteiger partial charge in [0.2, 0.25) is 15.9 Å². The zero-order chi connectivity index (χ0) is 18.1. The van der Waals surface area contributed by atoms with Crippen LogP contribution in [0.2, 0.25) is 0 Å². The Bertz CT molecular complexity index is 776. The molecule has 1 aromatic heterocycles. The molecule has 0 unspecified atom stereocenters. The number of hydrogen-bond acceptors (Lipinski definition) is 4. The number of hydrogen-bond donors (Lipinski definition) is 2. The van der Waals surface area contributed by atoms with Gasteiger partial charge in [-0.05, 0) is 46.5 Å². The van der Waals surface area contributed by atoms with Crippen LogP contribution in [0.1, 0.15) is 23.3 Å². The zero-order valence-electron chi connectivity index (χ0n) is 13.7. The smallest absolute Gasteiger partial charge is 0.220 e. The Morgan fingerprint density at radius 3 is 2.56 bits per heavy atom. The van der Waals surface area contributed by atoms with Gasteiger partial charge in [-0.15, -0.1) is 11.3 Å². The standard InChI is InChI=1S/C17H21BrN2O3S2/c18-16-10-9-15(24-16)7-4-8-17(21)19-11-12-25(22,23)20-13-14-5-2-1-3-6-14/h1-3,5-6,9-10,20H,4,7-8,11-13H2,(H,19,21). The molecule has 1 amide bonds. The Labute approximate surface area is 161 Å². The Balaban J connectivity index is 1.60. The van der Waals surface area contributed by atoms with Gasteiger partial charge in [-0.2, -0.15) is 0 Å². The van der Waals surface area contributed by atoms with Crippen LogP contribution in [-0.2, 0) is 27.8 Å². The molecule has 2 N–H and O–H groups in total. The van der Waals surface area contributed by atoms with E-state index in [-0.39, 0.29) is 24.7 Å². The molecule has 0 radical (unpaired) electrons. The highest BCUT2D eigenvalue weighted by Crippen LogP contribution is 2.23. The second-order valence-electron chi connectivity index (χ2n) is 5.53. The minimum atomic E-state index is -3.40. The lowest BCUT2D eigenvalue weighted by Gasteiger charge is -2.08. The van der Waals surface area contributed by atoms with Gasteiger partial charge in [0.15, 0.2) is 0 Å². The van der Waals surface area contributed by atoms with Gasteiger partial charge in [-0.3, -0.25) is 4.79 Å². The third-order valence-electron chi connectivity index (χ3n) is 3.49. The van der Waals surface area contributed by atoms with E-state index in [1.165, 1.54) is 4.88 Å². The molecule has 0 aliphatic rings. The predicted octanol–water partition coefficient (Wildman–Crippen LogP) is 3.07. The normalized spacial score (nSPS) is 11.4. The Morgan fingerprint density at radius 1 is 1.12 bits per heavy atom. The van der Waals surface area contributed by atoms with Crippen molar-refractivity contribution in [3.63, 3.8) is 0 Å². The van der Waals surface area contributed by atoms with Gasteiger partial charge < -0.3 is 5.32 Å². The molecule has 0 bridgehead atoms. The van der Waals surface area contributed by atoms with Gasteiger partial charge in [0.05, 0.1) is 9.54 Å². The summed E-state index contributed by atoms with van der Waals surface area (Å²) < 4.78 is 27.5. The van der Waals surface area contributed by atoms with Crippen molar-refractivity contribution in [2.75, 3.05) is 12.3 Å². The van der Waals surface area contributed by atoms with Crippen molar-refractivity contribution in [3.05, 3.63) is 56.7 Å². The van der Waals surface area contributed by atoms with E-state index < -0.39 is 10.0 Å². The van der Waals surface area contributed by atoms with Gasteiger partial charge in [0.1, 0.15) is 0 Å². The average molecular weight is 445 g/mol. The molecule has 1 aromatic carbocycles. The first-order chi connectivity index (χ1) is 11.9. The topological polar surface area (TPSA) is 75.3 Å². The lowest BCUT2D eigenvalue weighted by molar-refractivity contribution is -0.121. The fourth-order valence-corrected chi connectivity index (χ4v) is 4.61. The number of thiophene rings is 1. The lowest BCUT2D eigenvalue weighted by Crippen LogP contribution is -2.34. The van der Waals surface area contributed by atoms with Crippen molar-refractivity contribution in [1.29, 1.82) is 0 Å². The molecule has 1 heterocycles. The average Bonchev–Trinajstić information content (AvgIpc) is 2.99. The van der Waals surface area contributed by atoms with Crippen LogP contribution < -0.4 is 10.0 Å². The van der Waals surface area contributed by atoms with Crippen LogP contribution >= 0.6 is 27.3 Å². The Kier molecular flexibility index (Phi) is 8.08. The van der Waals surface area contributed by atoms with E-state index in [4.69, 9.17) is 0 Å². The van der Waals surface area contributed by atoms with Crippen LogP contribution in [0.15, 0.2) is 46.3 Å². The van der Waals surface area contributed by atoms with Gasteiger partial charge >= 0.3 is 0 Å². The van der Waals surface area contributed by atoms with Gasteiger partial charge in [-0.25, -0.2) is 13.1 Å². The van der Waals surface area contributed by atoms with Crippen molar-refractivity contribution >= 4 is 43.2 Å². The summed E-state index contributed by atoms with van der Waals surface area (Å²) in [5, 5.41) is 2.66. The first kappa shape index (κ1) is 20.1. The van der Waals surface area contributed by atoms with Crippen LogP contribution in [0.25, 0.3) is 0 Å². The summed E-state index contributed by atoms with van der Waals surface area (Å²) in [5.41, 5.74) is 0.898. The molecule has 0 saturated carbocycles. The van der Waals surface area contributed by atoms with Crippen LogP contribution in [0, 0.1) is 0 Å². The first-order valence-corrected chi connectivity index (χ1v) is 11.2. The van der Waals surface area contributed by atoms with E-state index in [9.17, 15) is 13.2 Å². The van der Waals surface area contributed by atoms with Crippen LogP contribution in [-0.4, -0.2) is 26.6 Å². The van der Waals surface area contributed by atoms with Crippen LogP contribution in [0.3, 0.4) is 0 Å². The third-order valence-corrected chi connectivity index (χ3v) is 6.50. The number of carbonyl (C=O) groups excluding carboxylic acids is 1. The fourth-order valence-electron chi connectivity index (χ4n) is 2.18. The summed E-state index contributed by atoms with van der Waals surface area (Å²) >= 11 is 5.07. The van der Waals surface area contributed by atoms with Crippen molar-refractivity contribution in [2.24, 2.45) is 0 Å². The van der Waals surface area contributed by atoms with Crippen molar-refractivity contribution in [1.82, 2.24) is 10.0 Å². The van der Waals surface area contributed by atoms with E-state index in [1.54, 1.807) is 11.3 Å². The fraction of sp³-hybridized carbons (Fsp3) is 0.353. The summed E-state index contributed by atoms with van der Waals surface area (Å²) in [6, 6.07) is 13.3. The minimum Gasteiger partial charge on any atom is -0.355 e. The minimum absolute atomic E-state index is 0.117. The quantitative estimate of drug-likeness (QED) is 0.590. The molecule has 0 saturated heterocycles. The number of nitrogens with one attached hydrogen (secondary N) is 2. The van der Waals surface area contributed by atoms with Crippen molar-refractivity contribution in [3.8, 4) is 0 Å². The predicted molar refractivity (Wildman–Crippen MR) is 105 cm³/mol. The lowest BCUT2D eigenvalue weighted by atomic mass is 10.2. The van der Waals surface area contributed by atoms with E-state index >= 15 is 0 Å². The summed E-state index contributed by atoms with van der Waals surface area (Å²) in [4.78, 5) is 13.0. The number of sulfonamides is 1. The molecule has 0 aliphatic carbocycles. The number of aryl methyl sites for hydroxylation is 1. The van der Waals surface area contributed by atoms with E-state index in [1.807, 2.05) is 42.5 Å². The van der Waals surface area contributed by atoms with E-state index in [0.717, 1.165) is 22.2 Å². The molecule has 136 valence electrons.